The van der Waals surface area contributed by atoms with Crippen LogP contribution in [0.4, 0.5) is 17.1 Å². The number of hydrogen-bond acceptors (Lipinski definition) is 3. The number of nitrogens with zero attached hydrogens (tertiary/aromatic N) is 3. The normalized spacial score (nSPS) is 10.9. The van der Waals surface area contributed by atoms with Crippen molar-refractivity contribution < 1.29 is 24.5 Å². The smallest absolute Gasteiger partial charge is 0.118 e. The molecule has 0 aliphatic carbocycles. The van der Waals surface area contributed by atoms with Gasteiger partial charge in [-0.2, -0.15) is 23.3 Å². The van der Waals surface area contributed by atoms with Crippen LogP contribution < -0.4 is 4.90 Å². The van der Waals surface area contributed by atoms with Crippen LogP contribution in [0.15, 0.2) is 114 Å². The molecule has 0 saturated carbocycles. The molecule has 32 heavy (non-hydrogen) atoms. The van der Waals surface area contributed by atoms with Gasteiger partial charge in [0.2, 0.25) is 0 Å². The molecule has 0 amide bonds. The molecule has 0 N–H and O–H groups in total. The molecule has 5 heteroatoms. The summed E-state index contributed by atoms with van der Waals surface area (Å²) in [5.74, 6) is 0. The first-order valence-corrected chi connectivity index (χ1v) is 10.2. The van der Waals surface area contributed by atoms with Gasteiger partial charge in [-0.1, -0.05) is 47.9 Å². The maximum atomic E-state index is 6.35. The van der Waals surface area contributed by atoms with E-state index in [9.17, 15) is 0 Å². The molecule has 6 aromatic rings. The van der Waals surface area contributed by atoms with Crippen molar-refractivity contribution in [1.82, 2.24) is 9.78 Å². The van der Waals surface area contributed by atoms with E-state index in [1.165, 1.54) is 0 Å². The standard InChI is InChI=1S/C27H18N3O.Ir/c1-3-9-20(10-4-1)30(21-11-5-2-6-12-21)22-15-16-23-24-13-7-14-25(29-18-8-17-28-29)27(24)31-26(23)19-22;/h1-13,15-19H;/q-1;. The van der Waals surface area contributed by atoms with E-state index < -0.39 is 0 Å². The molecule has 6 rings (SSSR count). The van der Waals surface area contributed by atoms with Crippen LogP contribution in [0, 0.1) is 6.07 Å². The Labute approximate surface area is 199 Å². The van der Waals surface area contributed by atoms with E-state index in [0.717, 1.165) is 44.7 Å². The molecular weight excluding hydrogens is 575 g/mol. The van der Waals surface area contributed by atoms with Crippen molar-refractivity contribution >= 4 is 39.0 Å². The Balaban J connectivity index is 0.00000216. The first-order valence-electron chi connectivity index (χ1n) is 10.2. The molecule has 4 nitrogen and oxygen atoms in total. The Hall–Kier alpha value is -3.66. The van der Waals surface area contributed by atoms with Crippen LogP contribution in [0.1, 0.15) is 0 Å². The summed E-state index contributed by atoms with van der Waals surface area (Å²) in [5.41, 5.74) is 5.64. The van der Waals surface area contributed by atoms with E-state index in [2.05, 4.69) is 82.8 Å². The van der Waals surface area contributed by atoms with E-state index in [1.54, 1.807) is 10.9 Å². The van der Waals surface area contributed by atoms with Gasteiger partial charge in [-0.15, -0.1) is 0 Å². The zero-order chi connectivity index (χ0) is 20.6. The summed E-state index contributed by atoms with van der Waals surface area (Å²) in [6, 6.07) is 36.2. The van der Waals surface area contributed by atoms with Crippen molar-refractivity contribution in [2.75, 3.05) is 4.90 Å². The van der Waals surface area contributed by atoms with Gasteiger partial charge in [-0.05, 0) is 42.1 Å². The summed E-state index contributed by atoms with van der Waals surface area (Å²) in [6.07, 6.45) is 3.65. The number of aromatic nitrogens is 2. The second-order valence-electron chi connectivity index (χ2n) is 7.31. The van der Waals surface area contributed by atoms with Crippen molar-refractivity contribution in [2.45, 2.75) is 0 Å². The zero-order valence-corrected chi connectivity index (χ0v) is 19.4. The van der Waals surface area contributed by atoms with Crippen LogP contribution in [0.5, 0.6) is 0 Å². The first kappa shape index (κ1) is 20.3. The van der Waals surface area contributed by atoms with E-state index in [4.69, 9.17) is 4.42 Å². The zero-order valence-electron chi connectivity index (χ0n) is 17.0. The molecule has 0 unspecified atom stereocenters. The van der Waals surface area contributed by atoms with Crippen molar-refractivity contribution in [3.05, 3.63) is 116 Å². The van der Waals surface area contributed by atoms with Gasteiger partial charge in [0.25, 0.3) is 0 Å². The first-order chi connectivity index (χ1) is 15.4. The number of hydrogen-bond donors (Lipinski definition) is 0. The summed E-state index contributed by atoms with van der Waals surface area (Å²) >= 11 is 0. The molecular formula is C27H18IrN3O-. The van der Waals surface area contributed by atoms with Crippen LogP contribution in [0.25, 0.3) is 27.6 Å². The molecule has 0 fully saturated rings. The molecule has 0 spiro atoms. The number of rotatable bonds is 4. The van der Waals surface area contributed by atoms with Gasteiger partial charge in [0, 0.05) is 66.6 Å². The second kappa shape index (κ2) is 8.46. The largest absolute Gasteiger partial charge is 0.513 e. The van der Waals surface area contributed by atoms with Gasteiger partial charge in [0.05, 0.1) is 0 Å². The maximum Gasteiger partial charge on any atom is 0.118 e. The van der Waals surface area contributed by atoms with Gasteiger partial charge in [0.15, 0.2) is 0 Å². The Kier molecular flexibility index (Phi) is 5.36. The summed E-state index contributed by atoms with van der Waals surface area (Å²) < 4.78 is 8.13. The topological polar surface area (TPSA) is 34.2 Å². The molecule has 157 valence electrons. The number of para-hydroxylation sites is 2. The van der Waals surface area contributed by atoms with E-state index in [1.807, 2.05) is 36.5 Å². The van der Waals surface area contributed by atoms with Crippen molar-refractivity contribution in [3.63, 3.8) is 0 Å². The summed E-state index contributed by atoms with van der Waals surface area (Å²) in [4.78, 5) is 2.23. The third-order valence-electron chi connectivity index (χ3n) is 5.42. The van der Waals surface area contributed by atoms with E-state index in [-0.39, 0.29) is 20.1 Å². The predicted octanol–water partition coefficient (Wildman–Crippen LogP) is 7.04. The maximum absolute atomic E-state index is 6.35. The molecule has 2 aromatic heterocycles. The van der Waals surface area contributed by atoms with Crippen LogP contribution >= 0.6 is 0 Å². The quantitative estimate of drug-likeness (QED) is 0.206. The van der Waals surface area contributed by atoms with Gasteiger partial charge in [0.1, 0.15) is 5.58 Å². The van der Waals surface area contributed by atoms with Crippen molar-refractivity contribution in [3.8, 4) is 5.69 Å². The van der Waals surface area contributed by atoms with Gasteiger partial charge >= 0.3 is 0 Å². The Morgan fingerprint density at radius 1 is 0.750 bits per heavy atom. The number of furan rings is 1. The average molecular weight is 593 g/mol. The van der Waals surface area contributed by atoms with E-state index >= 15 is 0 Å². The molecule has 0 aliphatic rings. The van der Waals surface area contributed by atoms with Crippen LogP contribution in [0.2, 0.25) is 0 Å². The number of benzene rings is 4. The van der Waals surface area contributed by atoms with Crippen molar-refractivity contribution in [1.29, 1.82) is 0 Å². The fourth-order valence-corrected chi connectivity index (χ4v) is 4.03. The number of fused-ring (bicyclic) bond motifs is 3. The Morgan fingerprint density at radius 3 is 2.12 bits per heavy atom. The van der Waals surface area contributed by atoms with Gasteiger partial charge in [-0.3, -0.25) is 4.68 Å². The average Bonchev–Trinajstić information content (AvgIpc) is 3.48. The third kappa shape index (κ3) is 3.42. The summed E-state index contributed by atoms with van der Waals surface area (Å²) in [7, 11) is 0. The molecule has 0 atom stereocenters. The third-order valence-corrected chi connectivity index (χ3v) is 5.42. The van der Waals surface area contributed by atoms with Crippen LogP contribution in [-0.4, -0.2) is 9.78 Å². The fourth-order valence-electron chi connectivity index (χ4n) is 4.03. The molecule has 0 aliphatic heterocycles. The van der Waals surface area contributed by atoms with Crippen LogP contribution in [-0.2, 0) is 20.1 Å². The molecule has 2 heterocycles. The molecule has 4 aromatic carbocycles. The molecule has 0 saturated heterocycles. The minimum absolute atomic E-state index is 0. The van der Waals surface area contributed by atoms with Crippen LogP contribution in [0.3, 0.4) is 0 Å². The Morgan fingerprint density at radius 2 is 1.47 bits per heavy atom. The molecule has 0 bridgehead atoms. The SMILES string of the molecule is [Ir].[c-]1ccc2c(oc3cc(N(c4ccccc4)c4ccccc4)ccc32)c1-n1cccn1. The number of anilines is 3. The van der Waals surface area contributed by atoms with Gasteiger partial charge in [-0.25, -0.2) is 0 Å². The minimum Gasteiger partial charge on any atom is -0.513 e. The van der Waals surface area contributed by atoms with E-state index in [0.29, 0.717) is 0 Å². The predicted molar refractivity (Wildman–Crippen MR) is 124 cm³/mol. The summed E-state index contributed by atoms with van der Waals surface area (Å²) in [6.45, 7) is 0. The van der Waals surface area contributed by atoms with Crippen molar-refractivity contribution in [2.24, 2.45) is 0 Å². The molecule has 1 radical (unpaired) electrons. The summed E-state index contributed by atoms with van der Waals surface area (Å²) in [5, 5.41) is 6.47. The monoisotopic (exact) mass is 593 g/mol. The second-order valence-corrected chi connectivity index (χ2v) is 7.31. The van der Waals surface area contributed by atoms with Gasteiger partial charge < -0.3 is 9.32 Å². The Bertz CT molecular complexity index is 1440. The fraction of sp³-hybridized carbons (Fsp3) is 0. The minimum atomic E-state index is 0.